The molecule has 0 aliphatic carbocycles. The number of guanidine groups is 1. The summed E-state index contributed by atoms with van der Waals surface area (Å²) < 4.78 is 46.1. The van der Waals surface area contributed by atoms with Crippen LogP contribution in [0.5, 0.6) is 5.75 Å². The molecule has 1 atom stereocenters. The third-order valence-corrected chi connectivity index (χ3v) is 4.84. The third-order valence-electron chi connectivity index (χ3n) is 4.84. The molecule has 9 heteroatoms. The lowest BCUT2D eigenvalue weighted by atomic mass is 10.1. The number of carbonyl (C=O) groups is 1. The predicted octanol–water partition coefficient (Wildman–Crippen LogP) is 3.80. The molecule has 1 aromatic rings. The average Bonchev–Trinajstić information content (AvgIpc) is 3.13. The summed E-state index contributed by atoms with van der Waals surface area (Å²) in [6, 6.07) is 3.97. The van der Waals surface area contributed by atoms with Crippen LogP contribution in [0.2, 0.25) is 0 Å². The number of hydrogen-bond acceptors (Lipinski definition) is 3. The van der Waals surface area contributed by atoms with Crippen LogP contribution in [-0.4, -0.2) is 48.5 Å². The van der Waals surface area contributed by atoms with Gasteiger partial charge in [-0.25, -0.2) is 4.99 Å². The Kier molecular flexibility index (Phi) is 8.59. The molecule has 174 valence electrons. The Balaban J connectivity index is 2.14. The number of amides is 1. The molecule has 2 N–H and O–H groups in total. The molecule has 1 aliphatic heterocycles. The van der Waals surface area contributed by atoms with Gasteiger partial charge in [-0.1, -0.05) is 19.9 Å². The summed E-state index contributed by atoms with van der Waals surface area (Å²) in [5, 5.41) is 6.32. The van der Waals surface area contributed by atoms with Gasteiger partial charge < -0.3 is 20.3 Å². The maximum absolute atomic E-state index is 13.6. The zero-order chi connectivity index (χ0) is 23.2. The van der Waals surface area contributed by atoms with Crippen LogP contribution < -0.4 is 15.4 Å². The van der Waals surface area contributed by atoms with Crippen LogP contribution in [0.15, 0.2) is 23.2 Å². The lowest BCUT2D eigenvalue weighted by Gasteiger charge is -2.20. The second-order valence-corrected chi connectivity index (χ2v) is 8.25. The quantitative estimate of drug-likeness (QED) is 0.498. The lowest BCUT2D eigenvalue weighted by molar-refractivity contribution is -0.138. The van der Waals surface area contributed by atoms with Gasteiger partial charge in [-0.3, -0.25) is 4.79 Å². The van der Waals surface area contributed by atoms with E-state index < -0.39 is 11.7 Å². The molecule has 1 saturated heterocycles. The van der Waals surface area contributed by atoms with Gasteiger partial charge >= 0.3 is 6.18 Å². The maximum atomic E-state index is 13.6. The van der Waals surface area contributed by atoms with Gasteiger partial charge in [0.05, 0.1) is 18.2 Å². The Bertz CT molecular complexity index is 779. The number of likely N-dealkylation sites (tertiary alicyclic amines) is 1. The topological polar surface area (TPSA) is 66.0 Å². The zero-order valence-electron chi connectivity index (χ0n) is 18.8. The molecule has 1 heterocycles. The highest BCUT2D eigenvalue weighted by atomic mass is 19.4. The summed E-state index contributed by atoms with van der Waals surface area (Å²) in [5.74, 6) is 0.650. The molecule has 1 fully saturated rings. The van der Waals surface area contributed by atoms with E-state index in [2.05, 4.69) is 15.6 Å². The van der Waals surface area contributed by atoms with E-state index in [1.165, 1.54) is 12.1 Å². The molecule has 0 spiro atoms. The Morgan fingerprint density at radius 3 is 2.58 bits per heavy atom. The van der Waals surface area contributed by atoms with Crippen molar-refractivity contribution in [2.75, 3.05) is 19.6 Å². The molecule has 1 amide bonds. The summed E-state index contributed by atoms with van der Waals surface area (Å²) >= 11 is 0. The molecule has 0 saturated carbocycles. The standard InChI is InChI=1S/C22H33F3N4O2/c1-6-26-21(28-17-9-10-29(13-17)20(30)14(2)3)27-12-16-7-8-18(31-15(4)5)11-19(16)22(23,24)25/h7-8,11,14-15,17H,6,9-10,12-13H2,1-5H3,(H2,26,27,28). The largest absolute Gasteiger partial charge is 0.491 e. The first kappa shape index (κ1) is 24.8. The summed E-state index contributed by atoms with van der Waals surface area (Å²) in [6.45, 7) is 10.8. The fourth-order valence-electron chi connectivity index (χ4n) is 3.42. The van der Waals surface area contributed by atoms with Gasteiger partial charge in [0.2, 0.25) is 5.91 Å². The van der Waals surface area contributed by atoms with Crippen LogP contribution >= 0.6 is 0 Å². The monoisotopic (exact) mass is 442 g/mol. The van der Waals surface area contributed by atoms with Crippen molar-refractivity contribution in [3.8, 4) is 5.75 Å². The molecule has 1 aromatic carbocycles. The Hall–Kier alpha value is -2.45. The van der Waals surface area contributed by atoms with E-state index in [4.69, 9.17) is 4.74 Å². The van der Waals surface area contributed by atoms with Crippen molar-refractivity contribution in [2.24, 2.45) is 10.9 Å². The molecule has 2 rings (SSSR count). The van der Waals surface area contributed by atoms with Gasteiger partial charge in [-0.15, -0.1) is 0 Å². The van der Waals surface area contributed by atoms with Crippen LogP contribution in [0.1, 0.15) is 52.2 Å². The molecule has 31 heavy (non-hydrogen) atoms. The fraction of sp³-hybridized carbons (Fsp3) is 0.636. The highest BCUT2D eigenvalue weighted by molar-refractivity contribution is 5.81. The number of halogens is 3. The predicted molar refractivity (Wildman–Crippen MR) is 115 cm³/mol. The van der Waals surface area contributed by atoms with Crippen LogP contribution in [-0.2, 0) is 17.5 Å². The van der Waals surface area contributed by atoms with E-state index in [0.717, 1.165) is 12.5 Å². The first-order valence-corrected chi connectivity index (χ1v) is 10.7. The van der Waals surface area contributed by atoms with Crippen molar-refractivity contribution in [2.45, 2.75) is 65.9 Å². The van der Waals surface area contributed by atoms with Gasteiger partial charge in [-0.05, 0) is 44.9 Å². The van der Waals surface area contributed by atoms with E-state index in [1.54, 1.807) is 18.7 Å². The molecule has 0 radical (unpaired) electrons. The van der Waals surface area contributed by atoms with Crippen molar-refractivity contribution in [3.63, 3.8) is 0 Å². The number of aliphatic imine (C=N–C) groups is 1. The van der Waals surface area contributed by atoms with Gasteiger partial charge in [0.1, 0.15) is 5.75 Å². The number of nitrogens with one attached hydrogen (secondary N) is 2. The highest BCUT2D eigenvalue weighted by Gasteiger charge is 2.34. The molecule has 0 aromatic heterocycles. The SMILES string of the molecule is CCNC(=NCc1ccc(OC(C)C)cc1C(F)(F)F)NC1CCN(C(=O)C(C)C)C1. The van der Waals surface area contributed by atoms with Crippen molar-refractivity contribution in [1.29, 1.82) is 0 Å². The minimum atomic E-state index is -4.50. The normalized spacial score (nSPS) is 17.4. The van der Waals surface area contributed by atoms with Crippen molar-refractivity contribution in [3.05, 3.63) is 29.3 Å². The van der Waals surface area contributed by atoms with E-state index in [-0.39, 0.29) is 41.8 Å². The third kappa shape index (κ3) is 7.33. The van der Waals surface area contributed by atoms with Crippen molar-refractivity contribution >= 4 is 11.9 Å². The summed E-state index contributed by atoms with van der Waals surface area (Å²) in [4.78, 5) is 18.3. The second-order valence-electron chi connectivity index (χ2n) is 8.25. The first-order chi connectivity index (χ1) is 14.5. The van der Waals surface area contributed by atoms with Crippen molar-refractivity contribution < 1.29 is 22.7 Å². The molecular formula is C22H33F3N4O2. The summed E-state index contributed by atoms with van der Waals surface area (Å²) in [5.41, 5.74) is -0.677. The van der Waals surface area contributed by atoms with Crippen LogP contribution in [0.4, 0.5) is 13.2 Å². The van der Waals surface area contributed by atoms with Crippen molar-refractivity contribution in [1.82, 2.24) is 15.5 Å². The number of rotatable bonds is 7. The Morgan fingerprint density at radius 2 is 2.00 bits per heavy atom. The molecule has 6 nitrogen and oxygen atoms in total. The van der Waals surface area contributed by atoms with E-state index in [0.29, 0.717) is 25.6 Å². The number of hydrogen-bond donors (Lipinski definition) is 2. The molecule has 1 aliphatic rings. The van der Waals surface area contributed by atoms with E-state index >= 15 is 0 Å². The smallest absolute Gasteiger partial charge is 0.416 e. The number of nitrogens with zero attached hydrogens (tertiary/aromatic N) is 2. The number of carbonyl (C=O) groups excluding carboxylic acids is 1. The molecule has 0 bridgehead atoms. The average molecular weight is 443 g/mol. The minimum Gasteiger partial charge on any atom is -0.491 e. The van der Waals surface area contributed by atoms with Gasteiger partial charge in [0.25, 0.3) is 0 Å². The minimum absolute atomic E-state index is 0.00408. The van der Waals surface area contributed by atoms with Gasteiger partial charge in [0, 0.05) is 31.6 Å². The summed E-state index contributed by atoms with van der Waals surface area (Å²) in [7, 11) is 0. The lowest BCUT2D eigenvalue weighted by Crippen LogP contribution is -2.45. The number of ether oxygens (including phenoxy) is 1. The number of benzene rings is 1. The highest BCUT2D eigenvalue weighted by Crippen LogP contribution is 2.35. The zero-order valence-corrected chi connectivity index (χ0v) is 18.8. The second kappa shape index (κ2) is 10.7. The van der Waals surface area contributed by atoms with Crippen LogP contribution in [0, 0.1) is 5.92 Å². The molecule has 1 unspecified atom stereocenters. The first-order valence-electron chi connectivity index (χ1n) is 10.7. The Morgan fingerprint density at radius 1 is 1.29 bits per heavy atom. The van der Waals surface area contributed by atoms with Crippen LogP contribution in [0.3, 0.4) is 0 Å². The van der Waals surface area contributed by atoms with Crippen LogP contribution in [0.25, 0.3) is 0 Å². The summed E-state index contributed by atoms with van der Waals surface area (Å²) in [6.07, 6.45) is -3.96. The maximum Gasteiger partial charge on any atom is 0.416 e. The molecular weight excluding hydrogens is 409 g/mol. The van der Waals surface area contributed by atoms with E-state index in [1.807, 2.05) is 20.8 Å². The van der Waals surface area contributed by atoms with Gasteiger partial charge in [-0.2, -0.15) is 13.2 Å². The van der Waals surface area contributed by atoms with Gasteiger partial charge in [0.15, 0.2) is 5.96 Å². The van der Waals surface area contributed by atoms with E-state index in [9.17, 15) is 18.0 Å². The number of alkyl halides is 3. The Labute approximate surface area is 182 Å². The fourth-order valence-corrected chi connectivity index (χ4v) is 3.42.